The number of halogens is 2. The maximum atomic E-state index is 14.5. The Balaban J connectivity index is 2.11. The van der Waals surface area contributed by atoms with E-state index in [2.05, 4.69) is 15.7 Å². The van der Waals surface area contributed by atoms with Crippen molar-refractivity contribution < 1.29 is 8.78 Å². The molecule has 0 fully saturated rings. The van der Waals surface area contributed by atoms with Gasteiger partial charge >= 0.3 is 0 Å². The fourth-order valence-electron chi connectivity index (χ4n) is 2.29. The minimum Gasteiger partial charge on any atom is -0.321 e. The predicted octanol–water partition coefficient (Wildman–Crippen LogP) is 2.98. The van der Waals surface area contributed by atoms with E-state index in [1.807, 2.05) is 0 Å². The smallest absolute Gasteiger partial charge is 0.170 e. The maximum Gasteiger partial charge on any atom is 0.170 e. The van der Waals surface area contributed by atoms with Crippen molar-refractivity contribution >= 4 is 5.70 Å². The molecule has 0 bridgehead atoms. The van der Waals surface area contributed by atoms with Crippen LogP contribution in [0.1, 0.15) is 12.5 Å². The lowest BCUT2D eigenvalue weighted by Crippen LogP contribution is -2.34. The second-order valence-electron chi connectivity index (χ2n) is 4.52. The quantitative estimate of drug-likeness (QED) is 0.845. The molecular formula is C13H12F2N4. The summed E-state index contributed by atoms with van der Waals surface area (Å²) in [6.45, 7) is 1.77. The van der Waals surface area contributed by atoms with E-state index in [0.717, 1.165) is 0 Å². The number of hydrazine groups is 1. The van der Waals surface area contributed by atoms with Gasteiger partial charge in [0.2, 0.25) is 0 Å². The first kappa shape index (κ1) is 12.0. The van der Waals surface area contributed by atoms with Crippen molar-refractivity contribution in [3.63, 3.8) is 0 Å². The Morgan fingerprint density at radius 1 is 1.32 bits per heavy atom. The van der Waals surface area contributed by atoms with E-state index >= 15 is 0 Å². The van der Waals surface area contributed by atoms with Crippen LogP contribution in [0, 0.1) is 5.82 Å². The molecule has 19 heavy (non-hydrogen) atoms. The predicted molar refractivity (Wildman–Crippen MR) is 66.7 cm³/mol. The van der Waals surface area contributed by atoms with Gasteiger partial charge in [-0.3, -0.25) is 0 Å². The molecule has 2 aliphatic heterocycles. The summed E-state index contributed by atoms with van der Waals surface area (Å²) in [4.78, 5) is 0. The number of allylic oxidation sites excluding steroid dienone is 1. The molecule has 3 rings (SSSR count). The molecular weight excluding hydrogens is 250 g/mol. The van der Waals surface area contributed by atoms with Crippen molar-refractivity contribution in [1.82, 2.24) is 10.4 Å². The van der Waals surface area contributed by atoms with Crippen LogP contribution in [0.3, 0.4) is 0 Å². The number of rotatable bonds is 1. The minimum absolute atomic E-state index is 0.0715. The molecule has 1 atom stereocenters. The van der Waals surface area contributed by atoms with Crippen LogP contribution in [-0.2, 0) is 0 Å². The van der Waals surface area contributed by atoms with Crippen molar-refractivity contribution in [2.75, 3.05) is 7.05 Å². The van der Waals surface area contributed by atoms with Gasteiger partial charge in [0, 0.05) is 18.3 Å². The summed E-state index contributed by atoms with van der Waals surface area (Å²) in [6, 6.07) is 5.68. The van der Waals surface area contributed by atoms with Crippen molar-refractivity contribution in [2.45, 2.75) is 13.1 Å². The third-order valence-electron chi connectivity index (χ3n) is 3.18. The normalized spacial score (nSPS) is 22.8. The summed E-state index contributed by atoms with van der Waals surface area (Å²) < 4.78 is 27.7. The lowest BCUT2D eigenvalue weighted by atomic mass is 10.0. The second-order valence-corrected chi connectivity index (χ2v) is 4.52. The van der Waals surface area contributed by atoms with Crippen LogP contribution in [0.25, 0.3) is 5.70 Å². The fraction of sp³-hybridized carbons (Fsp3) is 0.231. The molecule has 98 valence electrons. The Bertz CT molecular complexity index is 633. The molecule has 1 aromatic carbocycles. The van der Waals surface area contributed by atoms with Crippen LogP contribution in [0.15, 0.2) is 51.6 Å². The molecule has 6 heteroatoms. The molecule has 0 saturated heterocycles. The van der Waals surface area contributed by atoms with Gasteiger partial charge in [-0.2, -0.15) is 15.2 Å². The Morgan fingerprint density at radius 2 is 2.11 bits per heavy atom. The molecule has 0 aliphatic carbocycles. The molecule has 2 heterocycles. The molecule has 0 saturated carbocycles. The first-order valence-electron chi connectivity index (χ1n) is 5.85. The van der Waals surface area contributed by atoms with Crippen molar-refractivity contribution in [3.05, 3.63) is 52.7 Å². The molecule has 1 N–H and O–H groups in total. The third-order valence-corrected chi connectivity index (χ3v) is 3.18. The van der Waals surface area contributed by atoms with Crippen molar-refractivity contribution in [1.29, 1.82) is 0 Å². The van der Waals surface area contributed by atoms with Gasteiger partial charge in [0.25, 0.3) is 0 Å². The topological polar surface area (TPSA) is 40.0 Å². The number of azo groups is 1. The van der Waals surface area contributed by atoms with Crippen molar-refractivity contribution in [2.24, 2.45) is 10.2 Å². The number of benzene rings is 1. The van der Waals surface area contributed by atoms with Crippen LogP contribution in [0.4, 0.5) is 8.78 Å². The van der Waals surface area contributed by atoms with E-state index in [1.165, 1.54) is 18.2 Å². The molecule has 1 unspecified atom stereocenters. The van der Waals surface area contributed by atoms with Crippen LogP contribution in [0.2, 0.25) is 0 Å². The molecule has 0 spiro atoms. The van der Waals surface area contributed by atoms with Gasteiger partial charge in [-0.15, -0.1) is 0 Å². The molecule has 2 aliphatic rings. The number of likely N-dealkylation sites (N-methyl/N-ethyl adjacent to an activating group) is 1. The Morgan fingerprint density at radius 3 is 2.84 bits per heavy atom. The van der Waals surface area contributed by atoms with Gasteiger partial charge in [-0.25, -0.2) is 8.78 Å². The Kier molecular flexibility index (Phi) is 2.67. The van der Waals surface area contributed by atoms with E-state index in [9.17, 15) is 8.78 Å². The van der Waals surface area contributed by atoms with Crippen LogP contribution >= 0.6 is 0 Å². The zero-order valence-electron chi connectivity index (χ0n) is 10.5. The minimum atomic E-state index is -0.461. The molecule has 0 aromatic heterocycles. The average molecular weight is 262 g/mol. The Hall–Kier alpha value is -2.08. The SMILES string of the molecule is CC1=C2C(F)=C(c3cccc(F)c3)N=NC2N(C)N1. The number of hydrogen-bond acceptors (Lipinski definition) is 4. The largest absolute Gasteiger partial charge is 0.321 e. The summed E-state index contributed by atoms with van der Waals surface area (Å²) in [5.74, 6) is -0.887. The first-order valence-corrected chi connectivity index (χ1v) is 5.85. The van der Waals surface area contributed by atoms with Gasteiger partial charge in [0.05, 0.1) is 5.57 Å². The van der Waals surface area contributed by atoms with Gasteiger partial charge in [0.1, 0.15) is 11.5 Å². The highest BCUT2D eigenvalue weighted by Gasteiger charge is 2.35. The second kappa shape index (κ2) is 4.24. The summed E-state index contributed by atoms with van der Waals surface area (Å²) >= 11 is 0. The third kappa shape index (κ3) is 1.84. The molecule has 0 radical (unpaired) electrons. The highest BCUT2D eigenvalue weighted by atomic mass is 19.1. The number of nitrogens with one attached hydrogen (secondary N) is 1. The lowest BCUT2D eigenvalue weighted by Gasteiger charge is -2.20. The first-order chi connectivity index (χ1) is 9.08. The van der Waals surface area contributed by atoms with Crippen LogP contribution in [0.5, 0.6) is 0 Å². The summed E-state index contributed by atoms with van der Waals surface area (Å²) in [7, 11) is 1.76. The zero-order valence-corrected chi connectivity index (χ0v) is 10.5. The van der Waals surface area contributed by atoms with Gasteiger partial charge in [-0.1, -0.05) is 12.1 Å². The van der Waals surface area contributed by atoms with E-state index in [4.69, 9.17) is 0 Å². The van der Waals surface area contributed by atoms with E-state index in [-0.39, 0.29) is 5.70 Å². The number of hydrogen-bond donors (Lipinski definition) is 1. The molecule has 0 amide bonds. The fourth-order valence-corrected chi connectivity index (χ4v) is 2.29. The summed E-state index contributed by atoms with van der Waals surface area (Å²) in [6.07, 6.45) is -0.461. The highest BCUT2D eigenvalue weighted by Crippen LogP contribution is 2.37. The van der Waals surface area contributed by atoms with E-state index < -0.39 is 17.8 Å². The summed E-state index contributed by atoms with van der Waals surface area (Å²) in [5, 5.41) is 9.64. The van der Waals surface area contributed by atoms with Crippen LogP contribution < -0.4 is 5.43 Å². The zero-order chi connectivity index (χ0) is 13.6. The lowest BCUT2D eigenvalue weighted by molar-refractivity contribution is 0.240. The van der Waals surface area contributed by atoms with Gasteiger partial charge in [-0.05, 0) is 19.1 Å². The maximum absolute atomic E-state index is 14.5. The standard InChI is InChI=1S/C13H12F2N4/c1-7-10-11(15)12(8-4-3-5-9(14)6-8)16-17-13(10)19(2)18-7/h3-6,13,18H,1-2H3. The van der Waals surface area contributed by atoms with Crippen molar-refractivity contribution in [3.8, 4) is 0 Å². The average Bonchev–Trinajstić information content (AvgIpc) is 2.66. The van der Waals surface area contributed by atoms with E-state index in [1.54, 1.807) is 25.0 Å². The van der Waals surface area contributed by atoms with Gasteiger partial charge < -0.3 is 5.43 Å². The molecule has 4 nitrogen and oxygen atoms in total. The molecule has 1 aromatic rings. The Labute approximate surface area is 109 Å². The monoisotopic (exact) mass is 262 g/mol. The number of nitrogens with zero attached hydrogens (tertiary/aromatic N) is 3. The van der Waals surface area contributed by atoms with E-state index in [0.29, 0.717) is 16.8 Å². The summed E-state index contributed by atoms with van der Waals surface area (Å²) in [5.41, 5.74) is 4.59. The highest BCUT2D eigenvalue weighted by molar-refractivity contribution is 5.71. The van der Waals surface area contributed by atoms with Gasteiger partial charge in [0.15, 0.2) is 12.0 Å². The number of fused-ring (bicyclic) bond motifs is 1. The van der Waals surface area contributed by atoms with Crippen LogP contribution in [-0.4, -0.2) is 18.2 Å².